The number of nitrogens with one attached hydrogen (secondary N) is 1. The fraction of sp³-hybridized carbons (Fsp3) is 0.308. The topological polar surface area (TPSA) is 96.6 Å². The number of nitrogens with zero attached hydrogens (tertiary/aromatic N) is 7. The van der Waals surface area contributed by atoms with Crippen molar-refractivity contribution in [1.82, 2.24) is 39.2 Å². The number of amides is 1. The molecule has 0 unspecified atom stereocenters. The van der Waals surface area contributed by atoms with Crippen molar-refractivity contribution < 1.29 is 9.53 Å². The molecule has 10 heteroatoms. The van der Waals surface area contributed by atoms with Gasteiger partial charge >= 0.3 is 0 Å². The van der Waals surface area contributed by atoms with Crippen molar-refractivity contribution in [2.75, 3.05) is 39.9 Å². The van der Waals surface area contributed by atoms with Gasteiger partial charge < -0.3 is 14.6 Å². The Balaban J connectivity index is 1.29. The second kappa shape index (κ2) is 8.28. The van der Waals surface area contributed by atoms with Crippen LogP contribution < -0.4 is 0 Å². The summed E-state index contributed by atoms with van der Waals surface area (Å²) >= 11 is 0. The van der Waals surface area contributed by atoms with Gasteiger partial charge in [-0.2, -0.15) is 10.2 Å². The molecule has 0 atom stereocenters. The van der Waals surface area contributed by atoms with Crippen molar-refractivity contribution in [3.05, 3.63) is 60.4 Å². The quantitative estimate of drug-likeness (QED) is 0.425. The molecule has 2 aliphatic heterocycles. The van der Waals surface area contributed by atoms with Crippen molar-refractivity contribution in [3.8, 4) is 22.3 Å². The second-order valence-electron chi connectivity index (χ2n) is 9.50. The number of carbonyl (C=O) groups excluding carboxylic acids is 1. The Morgan fingerprint density at radius 1 is 1.00 bits per heavy atom. The SMILES string of the molecule is CN1CCn2ncc(-c3cnc4[nH]cc(-c5ccn6ncc(C(=O)N7CCOCC7)c6c5)c4c3)c2C1. The molecule has 1 fully saturated rings. The maximum Gasteiger partial charge on any atom is 0.257 e. The van der Waals surface area contributed by atoms with Crippen LogP contribution in [0.15, 0.2) is 49.2 Å². The highest BCUT2D eigenvalue weighted by molar-refractivity contribution is 6.02. The summed E-state index contributed by atoms with van der Waals surface area (Å²) in [5, 5.41) is 10.1. The monoisotopic (exact) mass is 482 g/mol. The largest absolute Gasteiger partial charge is 0.378 e. The lowest BCUT2D eigenvalue weighted by atomic mass is 10.0. The number of morpholine rings is 1. The smallest absolute Gasteiger partial charge is 0.257 e. The molecule has 0 saturated carbocycles. The summed E-state index contributed by atoms with van der Waals surface area (Å²) < 4.78 is 9.25. The van der Waals surface area contributed by atoms with Crippen molar-refractivity contribution in [3.63, 3.8) is 0 Å². The van der Waals surface area contributed by atoms with Crippen LogP contribution in [0.3, 0.4) is 0 Å². The van der Waals surface area contributed by atoms with Gasteiger partial charge in [-0.05, 0) is 30.8 Å². The van der Waals surface area contributed by atoms with Gasteiger partial charge in [0.25, 0.3) is 5.91 Å². The van der Waals surface area contributed by atoms with Crippen LogP contribution in [0.5, 0.6) is 0 Å². The summed E-state index contributed by atoms with van der Waals surface area (Å²) in [4.78, 5) is 25.4. The fourth-order valence-electron chi connectivity index (χ4n) is 5.25. The third-order valence-corrected chi connectivity index (χ3v) is 7.27. The third kappa shape index (κ3) is 3.41. The zero-order valence-electron chi connectivity index (χ0n) is 20.0. The molecule has 2 aliphatic rings. The van der Waals surface area contributed by atoms with E-state index in [1.165, 1.54) is 5.69 Å². The predicted octanol–water partition coefficient (Wildman–Crippen LogP) is 2.66. The molecule has 5 aromatic rings. The lowest BCUT2D eigenvalue weighted by Crippen LogP contribution is -2.40. The van der Waals surface area contributed by atoms with Gasteiger partial charge in [0.2, 0.25) is 0 Å². The van der Waals surface area contributed by atoms with E-state index in [-0.39, 0.29) is 5.91 Å². The van der Waals surface area contributed by atoms with Gasteiger partial charge in [-0.3, -0.25) is 14.4 Å². The highest BCUT2D eigenvalue weighted by Crippen LogP contribution is 2.33. The summed E-state index contributed by atoms with van der Waals surface area (Å²) in [5.41, 5.74) is 7.64. The van der Waals surface area contributed by atoms with E-state index < -0.39 is 0 Å². The van der Waals surface area contributed by atoms with Gasteiger partial charge in [0.05, 0.1) is 48.9 Å². The van der Waals surface area contributed by atoms with Gasteiger partial charge in [0.15, 0.2) is 0 Å². The van der Waals surface area contributed by atoms with Crippen molar-refractivity contribution in [1.29, 1.82) is 0 Å². The minimum Gasteiger partial charge on any atom is -0.378 e. The van der Waals surface area contributed by atoms with Crippen LogP contribution in [0, 0.1) is 0 Å². The number of aromatic amines is 1. The summed E-state index contributed by atoms with van der Waals surface area (Å²) in [6.45, 7) is 5.09. The Morgan fingerprint density at radius 2 is 1.89 bits per heavy atom. The molecule has 0 spiro atoms. The first-order valence-corrected chi connectivity index (χ1v) is 12.2. The van der Waals surface area contributed by atoms with Gasteiger partial charge in [0, 0.05) is 66.8 Å². The highest BCUT2D eigenvalue weighted by Gasteiger charge is 2.23. The van der Waals surface area contributed by atoms with E-state index in [1.807, 2.05) is 41.8 Å². The molecule has 1 saturated heterocycles. The first kappa shape index (κ1) is 21.3. The number of ether oxygens (including phenoxy) is 1. The number of carbonyl (C=O) groups is 1. The van der Waals surface area contributed by atoms with E-state index >= 15 is 0 Å². The Morgan fingerprint density at radius 3 is 2.78 bits per heavy atom. The minimum absolute atomic E-state index is 0.00993. The molecular weight excluding hydrogens is 456 g/mol. The lowest BCUT2D eigenvalue weighted by molar-refractivity contribution is 0.0304. The first-order chi connectivity index (χ1) is 17.7. The standard InChI is InChI=1S/C26H26N8O2/c1-31-4-5-34-24(16-31)21(14-29-34)18-10-19-20(13-28-25(19)27-12-18)17-2-3-33-23(11-17)22(15-30-33)26(35)32-6-8-36-9-7-32/h2-3,10-15H,4-9,16H2,1H3,(H,27,28). The predicted molar refractivity (Wildman–Crippen MR) is 135 cm³/mol. The van der Waals surface area contributed by atoms with Crippen LogP contribution in [-0.2, 0) is 17.8 Å². The molecule has 7 rings (SSSR count). The van der Waals surface area contributed by atoms with Crippen molar-refractivity contribution in [2.45, 2.75) is 13.1 Å². The van der Waals surface area contributed by atoms with Crippen LogP contribution in [0.2, 0.25) is 0 Å². The summed E-state index contributed by atoms with van der Waals surface area (Å²) in [5.74, 6) is -0.00993. The Labute approximate surface area is 207 Å². The van der Waals surface area contributed by atoms with Gasteiger partial charge in [-0.15, -0.1) is 0 Å². The zero-order valence-corrected chi connectivity index (χ0v) is 20.0. The van der Waals surface area contributed by atoms with Crippen molar-refractivity contribution in [2.24, 2.45) is 0 Å². The maximum absolute atomic E-state index is 13.2. The van der Waals surface area contributed by atoms with Gasteiger partial charge in [-0.25, -0.2) is 9.50 Å². The first-order valence-electron chi connectivity index (χ1n) is 12.2. The molecule has 0 radical (unpaired) electrons. The minimum atomic E-state index is -0.00993. The van der Waals surface area contributed by atoms with Crippen LogP contribution in [-0.4, -0.2) is 85.0 Å². The van der Waals surface area contributed by atoms with E-state index in [9.17, 15) is 4.79 Å². The molecule has 1 amide bonds. The number of hydrogen-bond acceptors (Lipinski definition) is 6. The number of likely N-dealkylation sites (N-methyl/N-ethyl adjacent to an activating group) is 1. The number of aromatic nitrogens is 6. The van der Waals surface area contributed by atoms with Crippen LogP contribution in [0.4, 0.5) is 0 Å². The zero-order chi connectivity index (χ0) is 24.2. The van der Waals surface area contributed by atoms with E-state index in [2.05, 4.69) is 37.9 Å². The number of hydrogen-bond donors (Lipinski definition) is 1. The van der Waals surface area contributed by atoms with Crippen molar-refractivity contribution >= 4 is 22.5 Å². The van der Waals surface area contributed by atoms with E-state index in [4.69, 9.17) is 9.72 Å². The average molecular weight is 483 g/mol. The molecule has 10 nitrogen and oxygen atoms in total. The number of H-pyrrole nitrogens is 1. The average Bonchev–Trinajstić information content (AvgIpc) is 3.64. The molecule has 7 heterocycles. The normalized spacial score (nSPS) is 16.6. The molecule has 182 valence electrons. The number of rotatable bonds is 3. The fourth-order valence-corrected chi connectivity index (χ4v) is 5.25. The summed E-state index contributed by atoms with van der Waals surface area (Å²) in [7, 11) is 2.14. The molecule has 0 bridgehead atoms. The Hall–Kier alpha value is -4.02. The van der Waals surface area contributed by atoms with Gasteiger partial charge in [-0.1, -0.05) is 0 Å². The molecule has 0 aromatic carbocycles. The van der Waals surface area contributed by atoms with Crippen LogP contribution in [0.1, 0.15) is 16.1 Å². The van der Waals surface area contributed by atoms with E-state index in [0.29, 0.717) is 31.9 Å². The van der Waals surface area contributed by atoms with E-state index in [1.54, 1.807) is 10.7 Å². The highest BCUT2D eigenvalue weighted by atomic mass is 16.5. The second-order valence-corrected chi connectivity index (χ2v) is 9.50. The summed E-state index contributed by atoms with van der Waals surface area (Å²) in [6.07, 6.45) is 9.40. The number of pyridine rings is 2. The van der Waals surface area contributed by atoms with Crippen LogP contribution >= 0.6 is 0 Å². The Bertz CT molecular complexity index is 1610. The molecule has 1 N–H and O–H groups in total. The summed E-state index contributed by atoms with van der Waals surface area (Å²) in [6, 6.07) is 6.24. The van der Waals surface area contributed by atoms with Crippen LogP contribution in [0.25, 0.3) is 38.8 Å². The maximum atomic E-state index is 13.2. The van der Waals surface area contributed by atoms with Gasteiger partial charge in [0.1, 0.15) is 5.65 Å². The van der Waals surface area contributed by atoms with E-state index in [0.717, 1.165) is 58.4 Å². The third-order valence-electron chi connectivity index (χ3n) is 7.27. The lowest BCUT2D eigenvalue weighted by Gasteiger charge is -2.26. The molecular formula is C26H26N8O2. The number of fused-ring (bicyclic) bond motifs is 3. The molecule has 5 aromatic heterocycles. The molecule has 36 heavy (non-hydrogen) atoms. The Kier molecular flexibility index (Phi) is 4.90. The molecule has 0 aliphatic carbocycles.